The summed E-state index contributed by atoms with van der Waals surface area (Å²) in [6.07, 6.45) is -3.22. The van der Waals surface area contributed by atoms with E-state index in [1.54, 1.807) is 0 Å². The smallest absolute Gasteiger partial charge is 0.346 e. The number of halogens is 31. The third-order valence-electron chi connectivity index (χ3n) is 14.9. The molecule has 0 radical (unpaired) electrons. The average Bonchev–Trinajstić information content (AvgIpc) is 0.670. The number of alkyl halides is 3. The molecule has 492 valence electrons. The van der Waals surface area contributed by atoms with Crippen LogP contribution in [0, 0.1) is 170 Å². The molecule has 0 aliphatic heterocycles. The molecule has 1 nitrogen and oxygen atoms in total. The standard InChI is InChI=1S/C14H3F11.4C10H2F5.C6H15N.Al/c1-2-3(4-7(16)11(20)13(22)12(21)8(4)17)5(14(23,24)25)9(18)10(19)6(2)15;4*11-5-2-1-4-3-6(12)9(14)10(15)7(4)8(5)13;1-3-5-7-6-4-2;/h1H3;4*1-2H;7H,3-6H2,1-2H3;/q;;;;;;-1/p+1. The second kappa shape index (κ2) is 25.8. The van der Waals surface area contributed by atoms with E-state index in [9.17, 15) is 65.9 Å². The average molecular weight is 1380 g/mol. The molecule has 0 bridgehead atoms. The van der Waals surface area contributed by atoms with Gasteiger partial charge < -0.3 is 5.32 Å². The van der Waals surface area contributed by atoms with Crippen LogP contribution in [-0.4, -0.2) is 26.2 Å². The third kappa shape index (κ3) is 10.9. The van der Waals surface area contributed by atoms with E-state index in [2.05, 4.69) is 19.2 Å². The molecule has 2 N–H and O–H groups in total. The van der Waals surface area contributed by atoms with Gasteiger partial charge in [-0.2, -0.15) is 30.9 Å². The maximum absolute atomic E-state index is 17.3. The predicted octanol–water partition coefficient (Wildman–Crippen LogP) is 16.6. The van der Waals surface area contributed by atoms with Crippen LogP contribution >= 0.6 is 0 Å². The summed E-state index contributed by atoms with van der Waals surface area (Å²) < 4.78 is 455. The summed E-state index contributed by atoms with van der Waals surface area (Å²) in [7, 11) is 0. The molecule has 0 saturated carbocycles. The molecule has 93 heavy (non-hydrogen) atoms. The van der Waals surface area contributed by atoms with Gasteiger partial charge in [-0.1, -0.05) is 59.7 Å². The highest BCUT2D eigenvalue weighted by atomic mass is 27.2. The van der Waals surface area contributed by atoms with E-state index in [4.69, 9.17) is 0 Å². The zero-order valence-corrected chi connectivity index (χ0v) is 47.0. The van der Waals surface area contributed by atoms with Gasteiger partial charge in [0, 0.05) is 5.56 Å². The van der Waals surface area contributed by atoms with Crippen LogP contribution in [-0.2, 0) is 6.18 Å². The van der Waals surface area contributed by atoms with Crippen molar-refractivity contribution in [2.24, 2.45) is 0 Å². The minimum atomic E-state index is -8.35. The van der Waals surface area contributed by atoms with Crippen LogP contribution in [0.15, 0.2) is 48.5 Å². The molecule has 0 atom stereocenters. The van der Waals surface area contributed by atoms with Gasteiger partial charge in [-0.3, -0.25) is 0 Å². The second-order valence-electron chi connectivity index (χ2n) is 20.0. The van der Waals surface area contributed by atoms with E-state index in [0.717, 1.165) is 0 Å². The Bertz CT molecular complexity index is 4320. The van der Waals surface area contributed by atoms with Gasteiger partial charge in [-0.15, -0.1) is 0 Å². The predicted molar refractivity (Wildman–Crippen MR) is 273 cm³/mol. The first-order valence-electron chi connectivity index (χ1n) is 25.9. The van der Waals surface area contributed by atoms with Crippen molar-refractivity contribution in [3.05, 3.63) is 223 Å². The molecule has 0 unspecified atom stereocenters. The van der Waals surface area contributed by atoms with E-state index < -0.39 is 265 Å². The van der Waals surface area contributed by atoms with Crippen molar-refractivity contribution in [1.29, 1.82) is 0 Å². The molecule has 33 heteroatoms. The molecule has 0 saturated heterocycles. The Labute approximate surface area is 500 Å². The lowest BCUT2D eigenvalue weighted by atomic mass is 9.92. The van der Waals surface area contributed by atoms with Crippen molar-refractivity contribution in [3.8, 4) is 11.1 Å². The third-order valence-corrected chi connectivity index (χ3v) is 20.6. The molecule has 10 aromatic rings. The summed E-state index contributed by atoms with van der Waals surface area (Å²) in [6.45, 7) is 7.39. The number of rotatable bonds is 9. The first-order valence-corrected chi connectivity index (χ1v) is 28.2. The SMILES string of the molecule is CCC[NH2+]CCC.Cc1c(F)c(F)c(F)c(C(F)(F)F)c1-c1c(F)c(F)c(F)c(F)c1F.Fc1ccc2[c]([Al-]([c]3c(F)c(F)c(F)c4c(F)c(F)ccc34)([c]3c(F)c(F)c(F)c4c(F)c(F)ccc34)[c]3c(F)c(F)c(F)c4c(F)c(F)ccc34)c(F)c(F)c(F)c2c1F. The molecule has 0 aliphatic carbocycles. The molecule has 0 fully saturated rings. The number of hydrogen-bond donors (Lipinski definition) is 1. The van der Waals surface area contributed by atoms with Crippen molar-refractivity contribution < 1.29 is 141 Å². The van der Waals surface area contributed by atoms with E-state index in [1.807, 2.05) is 0 Å². The number of benzene rings is 10. The molecule has 0 aliphatic rings. The minimum absolute atomic E-state index is 0.00408. The summed E-state index contributed by atoms with van der Waals surface area (Å²) in [5.74, 6) is -75.6. The Balaban J connectivity index is 0.000000286. The zero-order chi connectivity index (χ0) is 69.6. The van der Waals surface area contributed by atoms with Gasteiger partial charge in [0.1, 0.15) is 28.8 Å². The Hall–Kier alpha value is -8.44. The number of quaternary nitrogens is 1. The summed E-state index contributed by atoms with van der Waals surface area (Å²) in [4.78, 5) is 0. The van der Waals surface area contributed by atoms with Crippen LogP contribution in [0.3, 0.4) is 0 Å². The van der Waals surface area contributed by atoms with E-state index in [1.165, 1.54) is 25.9 Å². The van der Waals surface area contributed by atoms with Crippen LogP contribution in [0.25, 0.3) is 54.2 Å². The quantitative estimate of drug-likeness (QED) is 0.0488. The first-order chi connectivity index (χ1) is 43.4. The summed E-state index contributed by atoms with van der Waals surface area (Å²) in [5.41, 5.74) is -8.45. The van der Waals surface area contributed by atoms with Crippen LogP contribution < -0.4 is 23.0 Å². The van der Waals surface area contributed by atoms with Crippen LogP contribution in [0.1, 0.15) is 37.8 Å². The zero-order valence-electron chi connectivity index (χ0n) is 45.8. The fourth-order valence-corrected chi connectivity index (χ4v) is 17.6. The molecule has 0 aromatic heterocycles. The maximum atomic E-state index is 17.3. The Morgan fingerprint density at radius 2 is 0.516 bits per heavy atom. The van der Waals surface area contributed by atoms with Crippen LogP contribution in [0.4, 0.5) is 136 Å². The highest BCUT2D eigenvalue weighted by molar-refractivity contribution is 7.23. The summed E-state index contributed by atoms with van der Waals surface area (Å²) in [5, 5.41) is -13.5. The van der Waals surface area contributed by atoms with Gasteiger partial charge in [-0.05, 0) is 49.6 Å². The van der Waals surface area contributed by atoms with Gasteiger partial charge in [0.25, 0.3) is 13.1 Å². The molecular formula is C60H27AlF31N. The molecule has 10 rings (SSSR count). The van der Waals surface area contributed by atoms with Gasteiger partial charge >= 0.3 is 6.18 Å². The van der Waals surface area contributed by atoms with Gasteiger partial charge in [0.05, 0.1) is 40.2 Å². The van der Waals surface area contributed by atoms with Gasteiger partial charge in [0.2, 0.25) is 5.82 Å². The summed E-state index contributed by atoms with van der Waals surface area (Å²) >= 11 is -8.35. The lowest BCUT2D eigenvalue weighted by Gasteiger charge is -2.44. The summed E-state index contributed by atoms with van der Waals surface area (Å²) in [6, 6.07) is -0.318. The van der Waals surface area contributed by atoms with Crippen molar-refractivity contribution in [3.63, 3.8) is 0 Å². The van der Waals surface area contributed by atoms with Crippen molar-refractivity contribution >= 4 is 73.9 Å². The normalized spacial score (nSPS) is 12.0. The molecule has 0 heterocycles. The van der Waals surface area contributed by atoms with Crippen molar-refractivity contribution in [2.75, 3.05) is 13.1 Å². The van der Waals surface area contributed by atoms with E-state index in [-0.39, 0.29) is 48.5 Å². The van der Waals surface area contributed by atoms with Crippen molar-refractivity contribution in [2.45, 2.75) is 39.8 Å². The molecule has 10 aromatic carbocycles. The fourth-order valence-electron chi connectivity index (χ4n) is 11.0. The van der Waals surface area contributed by atoms with E-state index >= 15 is 70.2 Å². The second-order valence-corrected chi connectivity index (χ2v) is 24.1. The number of fused-ring (bicyclic) bond motifs is 4. The largest absolute Gasteiger partial charge is 0.419 e. The number of nitrogens with two attached hydrogens (primary N) is 1. The highest BCUT2D eigenvalue weighted by Crippen LogP contribution is 2.46. The van der Waals surface area contributed by atoms with Crippen LogP contribution in [0.5, 0.6) is 0 Å². The first kappa shape index (κ1) is 70.4. The van der Waals surface area contributed by atoms with Gasteiger partial charge in [-0.25, -0.2) is 123 Å². The van der Waals surface area contributed by atoms with E-state index in [0.29, 0.717) is 6.92 Å². The Morgan fingerprint density at radius 1 is 0.280 bits per heavy atom. The van der Waals surface area contributed by atoms with Crippen LogP contribution in [0.2, 0.25) is 0 Å². The van der Waals surface area contributed by atoms with Crippen molar-refractivity contribution in [1.82, 2.24) is 0 Å². The van der Waals surface area contributed by atoms with Gasteiger partial charge in [0.15, 0.2) is 134 Å². The Kier molecular flexibility index (Phi) is 19.5. The minimum Gasteiger partial charge on any atom is -0.346 e. The lowest BCUT2D eigenvalue weighted by molar-refractivity contribution is -0.654. The number of hydrogen-bond acceptors (Lipinski definition) is 0. The fraction of sp³-hybridized carbons (Fsp3) is 0.133. The molecule has 0 spiro atoms. The Morgan fingerprint density at radius 3 is 0.763 bits per heavy atom. The lowest BCUT2D eigenvalue weighted by Crippen LogP contribution is -2.84. The molecular weight excluding hydrogens is 1350 g/mol. The maximum Gasteiger partial charge on any atom is 0.419 e. The topological polar surface area (TPSA) is 16.6 Å². The highest BCUT2D eigenvalue weighted by Gasteiger charge is 2.52. The monoisotopic (exact) mass is 1380 g/mol. The molecule has 0 amide bonds.